The van der Waals surface area contributed by atoms with E-state index in [0.717, 1.165) is 52.1 Å². The van der Waals surface area contributed by atoms with E-state index >= 15 is 0 Å². The Kier molecular flexibility index (Phi) is 5.45. The van der Waals surface area contributed by atoms with Crippen LogP contribution in [-0.2, 0) is 4.79 Å². The highest BCUT2D eigenvalue weighted by Crippen LogP contribution is 2.23. The average Bonchev–Trinajstić information content (AvgIpc) is 2.68. The van der Waals surface area contributed by atoms with Gasteiger partial charge in [0.25, 0.3) is 0 Å². The van der Waals surface area contributed by atoms with Crippen LogP contribution in [0.4, 0.5) is 0 Å². The number of hydrogen-bond acceptors (Lipinski definition) is 3. The van der Waals surface area contributed by atoms with Gasteiger partial charge in [0.2, 0.25) is 5.91 Å². The molecule has 18 heavy (non-hydrogen) atoms. The van der Waals surface area contributed by atoms with E-state index in [4.69, 9.17) is 0 Å². The van der Waals surface area contributed by atoms with Crippen LogP contribution in [0.5, 0.6) is 0 Å². The second kappa shape index (κ2) is 7.10. The van der Waals surface area contributed by atoms with Crippen molar-refractivity contribution < 1.29 is 4.79 Å². The number of carbonyl (C=O) groups excluding carboxylic acids is 1. The van der Waals surface area contributed by atoms with Crippen LogP contribution in [0.1, 0.15) is 32.6 Å². The topological polar surface area (TPSA) is 44.4 Å². The van der Waals surface area contributed by atoms with Crippen LogP contribution in [0.25, 0.3) is 0 Å². The zero-order valence-electron chi connectivity index (χ0n) is 11.6. The normalized spacial score (nSPS) is 27.6. The standard InChI is InChI=1S/C14H27N3O/c1-12(13-4-2-5-16-11-13)10-14(18)17-8-3-6-15-7-9-17/h12-13,15-16H,2-11H2,1H3. The lowest BCUT2D eigenvalue weighted by Gasteiger charge is -2.29. The number of nitrogens with one attached hydrogen (secondary N) is 2. The number of amides is 1. The smallest absolute Gasteiger partial charge is 0.222 e. The highest BCUT2D eigenvalue weighted by atomic mass is 16.2. The number of nitrogens with zero attached hydrogens (tertiary/aromatic N) is 1. The molecule has 0 aromatic heterocycles. The van der Waals surface area contributed by atoms with Crippen LogP contribution in [0.2, 0.25) is 0 Å². The second-order valence-electron chi connectivity index (χ2n) is 5.77. The van der Waals surface area contributed by atoms with Crippen molar-refractivity contribution in [3.8, 4) is 0 Å². The van der Waals surface area contributed by atoms with E-state index in [1.54, 1.807) is 0 Å². The van der Waals surface area contributed by atoms with Gasteiger partial charge in [-0.15, -0.1) is 0 Å². The summed E-state index contributed by atoms with van der Waals surface area (Å²) >= 11 is 0. The van der Waals surface area contributed by atoms with Gasteiger partial charge in [-0.25, -0.2) is 0 Å². The van der Waals surface area contributed by atoms with Crippen LogP contribution in [-0.4, -0.2) is 50.1 Å². The summed E-state index contributed by atoms with van der Waals surface area (Å²) in [6, 6.07) is 0. The van der Waals surface area contributed by atoms with E-state index in [9.17, 15) is 4.79 Å². The first-order valence-corrected chi connectivity index (χ1v) is 7.46. The molecule has 4 nitrogen and oxygen atoms in total. The molecule has 2 rings (SSSR count). The molecule has 0 spiro atoms. The Morgan fingerprint density at radius 1 is 1.22 bits per heavy atom. The van der Waals surface area contributed by atoms with Crippen molar-refractivity contribution in [1.29, 1.82) is 0 Å². The van der Waals surface area contributed by atoms with Crippen molar-refractivity contribution in [3.63, 3.8) is 0 Å². The summed E-state index contributed by atoms with van der Waals surface area (Å²) < 4.78 is 0. The predicted molar refractivity (Wildman–Crippen MR) is 73.4 cm³/mol. The molecule has 2 fully saturated rings. The first-order chi connectivity index (χ1) is 8.77. The molecule has 2 heterocycles. The summed E-state index contributed by atoms with van der Waals surface area (Å²) in [6.45, 7) is 8.30. The highest BCUT2D eigenvalue weighted by Gasteiger charge is 2.24. The van der Waals surface area contributed by atoms with Crippen molar-refractivity contribution in [1.82, 2.24) is 15.5 Å². The van der Waals surface area contributed by atoms with E-state index in [1.165, 1.54) is 12.8 Å². The van der Waals surface area contributed by atoms with Gasteiger partial charge in [-0.2, -0.15) is 0 Å². The van der Waals surface area contributed by atoms with Gasteiger partial charge in [0, 0.05) is 26.1 Å². The first-order valence-electron chi connectivity index (χ1n) is 7.46. The molecule has 4 heteroatoms. The summed E-state index contributed by atoms with van der Waals surface area (Å²) in [4.78, 5) is 14.3. The molecule has 0 bridgehead atoms. The van der Waals surface area contributed by atoms with Crippen LogP contribution in [0.3, 0.4) is 0 Å². The summed E-state index contributed by atoms with van der Waals surface area (Å²) in [7, 11) is 0. The quantitative estimate of drug-likeness (QED) is 0.783. The third-order valence-electron chi connectivity index (χ3n) is 4.33. The molecule has 0 aromatic rings. The molecule has 2 saturated heterocycles. The van der Waals surface area contributed by atoms with Gasteiger partial charge in [0.15, 0.2) is 0 Å². The van der Waals surface area contributed by atoms with E-state index in [2.05, 4.69) is 17.6 Å². The first kappa shape index (κ1) is 13.8. The maximum atomic E-state index is 12.3. The maximum Gasteiger partial charge on any atom is 0.222 e. The minimum absolute atomic E-state index is 0.358. The third-order valence-corrected chi connectivity index (χ3v) is 4.33. The molecular weight excluding hydrogens is 226 g/mol. The minimum Gasteiger partial charge on any atom is -0.341 e. The largest absolute Gasteiger partial charge is 0.341 e. The van der Waals surface area contributed by atoms with Crippen LogP contribution >= 0.6 is 0 Å². The molecule has 2 N–H and O–H groups in total. The molecule has 0 saturated carbocycles. The highest BCUT2D eigenvalue weighted by molar-refractivity contribution is 5.76. The Labute approximate surface area is 110 Å². The van der Waals surface area contributed by atoms with Crippen LogP contribution < -0.4 is 10.6 Å². The lowest BCUT2D eigenvalue weighted by Crippen LogP contribution is -2.38. The summed E-state index contributed by atoms with van der Waals surface area (Å²) in [5.41, 5.74) is 0. The van der Waals surface area contributed by atoms with Crippen molar-refractivity contribution in [3.05, 3.63) is 0 Å². The SMILES string of the molecule is CC(CC(=O)N1CCCNCC1)C1CCCNC1. The molecule has 1 amide bonds. The molecule has 2 unspecified atom stereocenters. The molecule has 0 aliphatic carbocycles. The van der Waals surface area contributed by atoms with Gasteiger partial charge in [-0.1, -0.05) is 6.92 Å². The van der Waals surface area contributed by atoms with Crippen molar-refractivity contribution in [2.75, 3.05) is 39.3 Å². The zero-order valence-corrected chi connectivity index (χ0v) is 11.6. The fraction of sp³-hybridized carbons (Fsp3) is 0.929. The Morgan fingerprint density at radius 3 is 2.83 bits per heavy atom. The zero-order chi connectivity index (χ0) is 12.8. The van der Waals surface area contributed by atoms with E-state index in [1.807, 2.05) is 4.90 Å². The van der Waals surface area contributed by atoms with E-state index in [-0.39, 0.29) is 0 Å². The van der Waals surface area contributed by atoms with E-state index < -0.39 is 0 Å². The Bertz CT molecular complexity index is 256. The number of rotatable bonds is 3. The number of hydrogen-bond donors (Lipinski definition) is 2. The van der Waals surface area contributed by atoms with Crippen molar-refractivity contribution in [2.45, 2.75) is 32.6 Å². The van der Waals surface area contributed by atoms with Crippen LogP contribution in [0, 0.1) is 11.8 Å². The van der Waals surface area contributed by atoms with Crippen molar-refractivity contribution in [2.24, 2.45) is 11.8 Å². The van der Waals surface area contributed by atoms with Gasteiger partial charge in [-0.05, 0) is 50.7 Å². The fourth-order valence-electron chi connectivity index (χ4n) is 3.03. The molecule has 2 aliphatic rings. The molecule has 2 aliphatic heterocycles. The van der Waals surface area contributed by atoms with Crippen LogP contribution in [0.15, 0.2) is 0 Å². The van der Waals surface area contributed by atoms with Gasteiger partial charge in [0.05, 0.1) is 0 Å². The second-order valence-corrected chi connectivity index (χ2v) is 5.77. The lowest BCUT2D eigenvalue weighted by molar-refractivity contribution is -0.132. The molecule has 0 aromatic carbocycles. The van der Waals surface area contributed by atoms with Gasteiger partial charge in [-0.3, -0.25) is 4.79 Å². The average molecular weight is 253 g/mol. The van der Waals surface area contributed by atoms with Gasteiger partial charge < -0.3 is 15.5 Å². The summed E-state index contributed by atoms with van der Waals surface area (Å²) in [5.74, 6) is 1.56. The van der Waals surface area contributed by atoms with Gasteiger partial charge >= 0.3 is 0 Å². The lowest BCUT2D eigenvalue weighted by atomic mass is 9.85. The Morgan fingerprint density at radius 2 is 2.06 bits per heavy atom. The summed E-state index contributed by atoms with van der Waals surface area (Å²) in [5, 5.41) is 6.79. The monoisotopic (exact) mass is 253 g/mol. The molecule has 2 atom stereocenters. The minimum atomic E-state index is 0.358. The summed E-state index contributed by atoms with van der Waals surface area (Å²) in [6.07, 6.45) is 4.36. The molecular formula is C14H27N3O. The van der Waals surface area contributed by atoms with Gasteiger partial charge in [0.1, 0.15) is 0 Å². The van der Waals surface area contributed by atoms with E-state index in [0.29, 0.717) is 17.7 Å². The molecule has 0 radical (unpaired) electrons. The number of piperidine rings is 1. The number of carbonyl (C=O) groups is 1. The third kappa shape index (κ3) is 3.95. The Hall–Kier alpha value is -0.610. The molecule has 104 valence electrons. The Balaban J connectivity index is 1.77. The maximum absolute atomic E-state index is 12.3. The fourth-order valence-corrected chi connectivity index (χ4v) is 3.03. The van der Waals surface area contributed by atoms with Crippen molar-refractivity contribution >= 4 is 5.91 Å². The predicted octanol–water partition coefficient (Wildman–Crippen LogP) is 0.834.